The van der Waals surface area contributed by atoms with Gasteiger partial charge in [0.05, 0.1) is 16.4 Å². The van der Waals surface area contributed by atoms with Gasteiger partial charge in [0.25, 0.3) is 6.23 Å². The molecule has 0 spiro atoms. The number of nitroso groups, excluding NO2 is 1. The second-order valence-electron chi connectivity index (χ2n) is 4.98. The molecule has 0 saturated heterocycles. The van der Waals surface area contributed by atoms with E-state index in [1.165, 1.54) is 18.0 Å². The Kier molecular flexibility index (Phi) is 6.45. The molecule has 2 aromatic carbocycles. The molecule has 3 rings (SSSR count). The monoisotopic (exact) mass is 428 g/mol. The third kappa shape index (κ3) is 5.47. The van der Waals surface area contributed by atoms with Crippen molar-refractivity contribution in [3.05, 3.63) is 76.4 Å². The van der Waals surface area contributed by atoms with E-state index in [9.17, 15) is 4.91 Å². The number of hydrogen-bond donors (Lipinski definition) is 0. The predicted molar refractivity (Wildman–Crippen MR) is 105 cm³/mol. The molecule has 1 heterocycles. The highest BCUT2D eigenvalue weighted by Crippen LogP contribution is 2.26. The molecule has 0 aliphatic carbocycles. The van der Waals surface area contributed by atoms with Crippen LogP contribution in [-0.2, 0) is 0 Å². The van der Waals surface area contributed by atoms with Crippen LogP contribution >= 0.6 is 27.7 Å². The Morgan fingerprint density at radius 2 is 1.73 bits per heavy atom. The van der Waals surface area contributed by atoms with Crippen LogP contribution in [0.3, 0.4) is 0 Å². The summed E-state index contributed by atoms with van der Waals surface area (Å²) in [5, 5.41) is 3.59. The van der Waals surface area contributed by atoms with Crippen LogP contribution in [-0.4, -0.2) is 22.4 Å². The fraction of sp³-hybridized carbons (Fsp3) is 0.0556. The standard InChI is InChI=1S/C18H13BrN4O2S/c19-13-10-21-18(22-11-13)26-16-8-6-14(7-9-16)20-12-17(23-24)25-15-4-2-1-3-5-15/h1-12,17H. The average Bonchev–Trinajstić information content (AvgIpc) is 2.69. The van der Waals surface area contributed by atoms with Crippen LogP contribution < -0.4 is 4.74 Å². The summed E-state index contributed by atoms with van der Waals surface area (Å²) in [6, 6.07) is 16.5. The highest BCUT2D eigenvalue weighted by atomic mass is 79.9. The van der Waals surface area contributed by atoms with Gasteiger partial charge in [0.2, 0.25) is 0 Å². The minimum absolute atomic E-state index is 0.560. The van der Waals surface area contributed by atoms with Crippen molar-refractivity contribution in [1.29, 1.82) is 0 Å². The maximum atomic E-state index is 10.9. The molecule has 1 aromatic heterocycles. The molecule has 6 nitrogen and oxygen atoms in total. The number of hydrogen-bond acceptors (Lipinski definition) is 7. The molecule has 0 bridgehead atoms. The van der Waals surface area contributed by atoms with E-state index >= 15 is 0 Å². The summed E-state index contributed by atoms with van der Waals surface area (Å²) in [5.41, 5.74) is 0.691. The van der Waals surface area contributed by atoms with E-state index in [0.29, 0.717) is 16.6 Å². The van der Waals surface area contributed by atoms with Gasteiger partial charge in [0, 0.05) is 17.3 Å². The van der Waals surface area contributed by atoms with Crippen molar-refractivity contribution in [3.8, 4) is 5.75 Å². The Bertz CT molecular complexity index is 874. The summed E-state index contributed by atoms with van der Waals surface area (Å²) in [6.07, 6.45) is 3.79. The third-order valence-electron chi connectivity index (χ3n) is 3.10. The normalized spacial score (nSPS) is 12.0. The quantitative estimate of drug-likeness (QED) is 0.291. The number of halogens is 1. The number of aromatic nitrogens is 2. The van der Waals surface area contributed by atoms with Crippen molar-refractivity contribution in [2.75, 3.05) is 0 Å². The molecule has 8 heteroatoms. The first-order valence-electron chi connectivity index (χ1n) is 7.57. The molecule has 3 aromatic rings. The Hall–Kier alpha value is -2.58. The topological polar surface area (TPSA) is 76.8 Å². The lowest BCUT2D eigenvalue weighted by molar-refractivity contribution is 0.280. The van der Waals surface area contributed by atoms with Crippen molar-refractivity contribution >= 4 is 39.6 Å². The van der Waals surface area contributed by atoms with E-state index in [1.807, 2.05) is 42.5 Å². The number of ether oxygens (including phenoxy) is 1. The predicted octanol–water partition coefficient (Wildman–Crippen LogP) is 5.26. The molecule has 0 aliphatic heterocycles. The first-order valence-corrected chi connectivity index (χ1v) is 9.18. The van der Waals surface area contributed by atoms with Gasteiger partial charge in [0.1, 0.15) is 5.75 Å². The molecule has 0 fully saturated rings. The number of aliphatic imine (C=N–C) groups is 1. The van der Waals surface area contributed by atoms with Gasteiger partial charge in [-0.15, -0.1) is 4.91 Å². The van der Waals surface area contributed by atoms with Crippen LogP contribution in [0.4, 0.5) is 5.69 Å². The zero-order valence-corrected chi connectivity index (χ0v) is 15.8. The SMILES string of the molecule is O=NC(C=Nc1ccc(Sc2ncc(Br)cn2)cc1)Oc1ccccc1. The van der Waals surface area contributed by atoms with Gasteiger partial charge in [-0.2, -0.15) is 0 Å². The van der Waals surface area contributed by atoms with Gasteiger partial charge in [-0.25, -0.2) is 9.97 Å². The second kappa shape index (κ2) is 9.21. The lowest BCUT2D eigenvalue weighted by Crippen LogP contribution is -2.14. The largest absolute Gasteiger partial charge is 0.460 e. The molecular weight excluding hydrogens is 416 g/mol. The summed E-state index contributed by atoms with van der Waals surface area (Å²) < 4.78 is 6.28. The van der Waals surface area contributed by atoms with E-state index < -0.39 is 6.23 Å². The van der Waals surface area contributed by atoms with E-state index in [4.69, 9.17) is 4.74 Å². The Balaban J connectivity index is 1.61. The lowest BCUT2D eigenvalue weighted by atomic mass is 10.3. The summed E-state index contributed by atoms with van der Waals surface area (Å²) in [5.74, 6) is 0.560. The third-order valence-corrected chi connectivity index (χ3v) is 4.41. The second-order valence-corrected chi connectivity index (χ2v) is 6.94. The molecule has 1 unspecified atom stereocenters. The fourth-order valence-corrected chi connectivity index (χ4v) is 2.82. The van der Waals surface area contributed by atoms with Crippen molar-refractivity contribution < 1.29 is 4.74 Å². The van der Waals surface area contributed by atoms with Crippen molar-refractivity contribution in [2.24, 2.45) is 10.2 Å². The molecular formula is C18H13BrN4O2S. The van der Waals surface area contributed by atoms with E-state index in [2.05, 4.69) is 36.1 Å². The van der Waals surface area contributed by atoms with Gasteiger partial charge < -0.3 is 4.74 Å². The smallest absolute Gasteiger partial charge is 0.265 e. The maximum absolute atomic E-state index is 10.9. The minimum Gasteiger partial charge on any atom is -0.460 e. The van der Waals surface area contributed by atoms with Gasteiger partial charge >= 0.3 is 0 Å². The van der Waals surface area contributed by atoms with Crippen LogP contribution in [0, 0.1) is 4.91 Å². The number of para-hydroxylation sites is 1. The van der Waals surface area contributed by atoms with Gasteiger partial charge in [0.15, 0.2) is 5.16 Å². The van der Waals surface area contributed by atoms with Crippen molar-refractivity contribution in [3.63, 3.8) is 0 Å². The van der Waals surface area contributed by atoms with E-state index in [1.54, 1.807) is 24.5 Å². The van der Waals surface area contributed by atoms with Crippen LogP contribution in [0.1, 0.15) is 0 Å². The summed E-state index contributed by atoms with van der Waals surface area (Å²) in [4.78, 5) is 24.6. The van der Waals surface area contributed by atoms with Crippen LogP contribution in [0.2, 0.25) is 0 Å². The Morgan fingerprint density at radius 3 is 2.38 bits per heavy atom. The van der Waals surface area contributed by atoms with Crippen LogP contribution in [0.15, 0.2) is 91.7 Å². The molecule has 1 atom stereocenters. The summed E-state index contributed by atoms with van der Waals surface area (Å²) in [7, 11) is 0. The number of benzene rings is 2. The molecule has 26 heavy (non-hydrogen) atoms. The molecule has 0 amide bonds. The highest BCUT2D eigenvalue weighted by Gasteiger charge is 2.06. The molecule has 0 radical (unpaired) electrons. The molecule has 0 aliphatic rings. The lowest BCUT2D eigenvalue weighted by Gasteiger charge is -2.07. The van der Waals surface area contributed by atoms with E-state index in [0.717, 1.165) is 9.37 Å². The summed E-state index contributed by atoms with van der Waals surface area (Å²) >= 11 is 4.75. The van der Waals surface area contributed by atoms with Crippen LogP contribution in [0.25, 0.3) is 0 Å². The maximum Gasteiger partial charge on any atom is 0.265 e. The minimum atomic E-state index is -0.984. The number of rotatable bonds is 7. The Labute approximate surface area is 162 Å². The van der Waals surface area contributed by atoms with Gasteiger partial charge in [-0.3, -0.25) is 4.99 Å². The Morgan fingerprint density at radius 1 is 1.04 bits per heavy atom. The molecule has 130 valence electrons. The fourth-order valence-electron chi connectivity index (χ4n) is 1.93. The first kappa shape index (κ1) is 18.2. The van der Waals surface area contributed by atoms with Crippen molar-refractivity contribution in [2.45, 2.75) is 16.3 Å². The number of nitrogens with zero attached hydrogens (tertiary/aromatic N) is 4. The van der Waals surface area contributed by atoms with Crippen LogP contribution in [0.5, 0.6) is 5.75 Å². The zero-order valence-electron chi connectivity index (χ0n) is 13.4. The summed E-state index contributed by atoms with van der Waals surface area (Å²) in [6.45, 7) is 0. The molecule has 0 N–H and O–H groups in total. The van der Waals surface area contributed by atoms with E-state index in [-0.39, 0.29) is 0 Å². The highest BCUT2D eigenvalue weighted by molar-refractivity contribution is 9.10. The van der Waals surface area contributed by atoms with Crippen molar-refractivity contribution in [1.82, 2.24) is 9.97 Å². The van der Waals surface area contributed by atoms with Gasteiger partial charge in [-0.05, 0) is 69.3 Å². The first-order chi connectivity index (χ1) is 12.7. The van der Waals surface area contributed by atoms with Gasteiger partial charge in [-0.1, -0.05) is 18.2 Å². The molecule has 0 saturated carbocycles. The average molecular weight is 429 g/mol. The zero-order chi connectivity index (χ0) is 18.2.